The number of likely N-dealkylation sites (tertiary alicyclic amines) is 1. The van der Waals surface area contributed by atoms with Gasteiger partial charge in [0.2, 0.25) is 11.8 Å². The maximum atomic E-state index is 13.2. The van der Waals surface area contributed by atoms with Gasteiger partial charge in [-0.25, -0.2) is 0 Å². The van der Waals surface area contributed by atoms with Gasteiger partial charge in [0, 0.05) is 34.7 Å². The Morgan fingerprint density at radius 2 is 1.84 bits per heavy atom. The van der Waals surface area contributed by atoms with E-state index in [1.54, 1.807) is 13.0 Å². The topological polar surface area (TPSA) is 91.8 Å². The van der Waals surface area contributed by atoms with Gasteiger partial charge in [-0.05, 0) is 49.5 Å². The Bertz CT molecular complexity index is 1190. The molecule has 1 N–H and O–H groups in total. The molecule has 1 aliphatic heterocycles. The van der Waals surface area contributed by atoms with Crippen LogP contribution in [-0.2, 0) is 19.2 Å². The number of nitrogens with zero attached hydrogens (tertiary/aromatic N) is 1. The number of hydrogen-bond acceptors (Lipinski definition) is 5. The minimum Gasteiger partial charge on any atom is -0.508 e. The van der Waals surface area contributed by atoms with Crippen molar-refractivity contribution in [3.8, 4) is 5.75 Å². The first kappa shape index (κ1) is 19.9. The van der Waals surface area contributed by atoms with Crippen LogP contribution in [0.5, 0.6) is 5.75 Å². The number of carbonyl (C=O) groups is 4. The molecule has 1 fully saturated rings. The third-order valence-electron chi connectivity index (χ3n) is 7.08. The highest BCUT2D eigenvalue weighted by atomic mass is 35.5. The van der Waals surface area contributed by atoms with E-state index in [9.17, 15) is 24.3 Å². The van der Waals surface area contributed by atoms with Crippen LogP contribution in [0.2, 0.25) is 5.02 Å². The highest BCUT2D eigenvalue weighted by molar-refractivity contribution is 6.32. The Labute approximate surface area is 183 Å². The monoisotopic (exact) mass is 437 g/mol. The molecule has 0 radical (unpaired) electrons. The first-order valence-corrected chi connectivity index (χ1v) is 10.6. The molecule has 4 atom stereocenters. The number of halogens is 1. The lowest BCUT2D eigenvalue weighted by Crippen LogP contribution is -2.39. The molecule has 1 aromatic rings. The molecule has 0 spiro atoms. The lowest BCUT2D eigenvalue weighted by Gasteiger charge is -2.42. The zero-order valence-electron chi connectivity index (χ0n) is 17.0. The standard InChI is InChI=1S/C24H20ClNO5/c1-10-7-18(28)16-9-15-12(5-6-14-20(15)24(31)26(2)23(14)30)19(21(16)22(10)29)13-4-3-11(27)8-17(13)25/h3-5,7-8,14-15,19-20,27H,6,9H2,1-2H3. The summed E-state index contributed by atoms with van der Waals surface area (Å²) in [6.07, 6.45) is 3.94. The predicted octanol–water partition coefficient (Wildman–Crippen LogP) is 3.10. The molecule has 1 heterocycles. The van der Waals surface area contributed by atoms with E-state index < -0.39 is 17.8 Å². The van der Waals surface area contributed by atoms with Crippen molar-refractivity contribution in [3.63, 3.8) is 0 Å². The lowest BCUT2D eigenvalue weighted by molar-refractivity contribution is -0.138. The van der Waals surface area contributed by atoms with Crippen molar-refractivity contribution >= 4 is 35.0 Å². The van der Waals surface area contributed by atoms with Crippen LogP contribution in [0.1, 0.15) is 31.2 Å². The summed E-state index contributed by atoms with van der Waals surface area (Å²) in [5, 5.41) is 10.1. The number of phenols is 1. The molecule has 7 heteroatoms. The normalized spacial score (nSPS) is 30.1. The third-order valence-corrected chi connectivity index (χ3v) is 7.41. The van der Waals surface area contributed by atoms with Gasteiger partial charge in [0.15, 0.2) is 11.6 Å². The van der Waals surface area contributed by atoms with Crippen LogP contribution in [0, 0.1) is 17.8 Å². The van der Waals surface area contributed by atoms with Crippen LogP contribution >= 0.6 is 11.6 Å². The van der Waals surface area contributed by atoms with Crippen LogP contribution in [0.3, 0.4) is 0 Å². The van der Waals surface area contributed by atoms with Gasteiger partial charge in [-0.3, -0.25) is 24.1 Å². The summed E-state index contributed by atoms with van der Waals surface area (Å²) >= 11 is 6.48. The number of amides is 2. The number of phenolic OH excluding ortho intramolecular Hbond substituents is 1. The molecule has 2 amide bonds. The Hall–Kier alpha value is -2.99. The first-order valence-electron chi connectivity index (χ1n) is 10.2. The van der Waals surface area contributed by atoms with Crippen LogP contribution in [-0.4, -0.2) is 40.4 Å². The van der Waals surface area contributed by atoms with Gasteiger partial charge in [-0.1, -0.05) is 29.3 Å². The SMILES string of the molecule is CC1=CC(=O)C2=C(C1=O)C(c1ccc(O)cc1Cl)C1=CCC3C(=O)N(C)C(=O)C3C1C2. The third kappa shape index (κ3) is 2.71. The smallest absolute Gasteiger partial charge is 0.233 e. The number of aromatic hydroxyl groups is 1. The van der Waals surface area contributed by atoms with E-state index >= 15 is 0 Å². The quantitative estimate of drug-likeness (QED) is 0.414. The maximum Gasteiger partial charge on any atom is 0.233 e. The Kier molecular flexibility index (Phi) is 4.35. The molecule has 0 bridgehead atoms. The Morgan fingerprint density at radius 3 is 2.55 bits per heavy atom. The van der Waals surface area contributed by atoms with Crippen molar-refractivity contribution in [2.24, 2.45) is 17.8 Å². The van der Waals surface area contributed by atoms with Gasteiger partial charge in [-0.2, -0.15) is 0 Å². The molecule has 6 nitrogen and oxygen atoms in total. The van der Waals surface area contributed by atoms with Crippen molar-refractivity contribution in [3.05, 3.63) is 63.2 Å². The fourth-order valence-corrected chi connectivity index (χ4v) is 5.91. The summed E-state index contributed by atoms with van der Waals surface area (Å²) in [4.78, 5) is 52.9. The van der Waals surface area contributed by atoms with Crippen molar-refractivity contribution in [2.75, 3.05) is 7.05 Å². The van der Waals surface area contributed by atoms with Crippen LogP contribution in [0.4, 0.5) is 0 Å². The second-order valence-electron chi connectivity index (χ2n) is 8.67. The summed E-state index contributed by atoms with van der Waals surface area (Å²) < 4.78 is 0. The van der Waals surface area contributed by atoms with Crippen LogP contribution in [0.15, 0.2) is 52.6 Å². The average Bonchev–Trinajstić information content (AvgIpc) is 2.95. The van der Waals surface area contributed by atoms with E-state index in [4.69, 9.17) is 11.6 Å². The maximum absolute atomic E-state index is 13.2. The molecule has 31 heavy (non-hydrogen) atoms. The Balaban J connectivity index is 1.74. The van der Waals surface area contributed by atoms with E-state index in [1.807, 2.05) is 6.08 Å². The highest BCUT2D eigenvalue weighted by Gasteiger charge is 2.55. The molecule has 1 saturated heterocycles. The van der Waals surface area contributed by atoms with Gasteiger partial charge >= 0.3 is 0 Å². The highest BCUT2D eigenvalue weighted by Crippen LogP contribution is 2.55. The number of ketones is 2. The van der Waals surface area contributed by atoms with E-state index in [-0.39, 0.29) is 46.5 Å². The van der Waals surface area contributed by atoms with Crippen molar-refractivity contribution in [2.45, 2.75) is 25.7 Å². The number of rotatable bonds is 1. The summed E-state index contributed by atoms with van der Waals surface area (Å²) in [7, 11) is 1.49. The fraction of sp³-hybridized carbons (Fsp3) is 0.333. The summed E-state index contributed by atoms with van der Waals surface area (Å²) in [6.45, 7) is 1.62. The number of carbonyl (C=O) groups excluding carboxylic acids is 4. The number of benzene rings is 1. The lowest BCUT2D eigenvalue weighted by atomic mass is 9.59. The molecule has 4 aliphatic rings. The van der Waals surface area contributed by atoms with E-state index in [0.717, 1.165) is 5.57 Å². The van der Waals surface area contributed by atoms with E-state index in [0.29, 0.717) is 28.7 Å². The fourth-order valence-electron chi connectivity index (χ4n) is 5.62. The minimum absolute atomic E-state index is 0.00619. The van der Waals surface area contributed by atoms with Gasteiger partial charge in [0.1, 0.15) is 5.75 Å². The van der Waals surface area contributed by atoms with Gasteiger partial charge in [0.25, 0.3) is 0 Å². The van der Waals surface area contributed by atoms with Crippen molar-refractivity contribution in [1.29, 1.82) is 0 Å². The molecule has 1 aromatic carbocycles. The second-order valence-corrected chi connectivity index (χ2v) is 9.08. The molecule has 158 valence electrons. The molecule has 3 aliphatic carbocycles. The predicted molar refractivity (Wildman–Crippen MR) is 112 cm³/mol. The first-order chi connectivity index (χ1) is 14.7. The minimum atomic E-state index is -0.600. The zero-order chi connectivity index (χ0) is 22.2. The summed E-state index contributed by atoms with van der Waals surface area (Å²) in [6, 6.07) is 4.55. The van der Waals surface area contributed by atoms with Crippen molar-refractivity contribution in [1.82, 2.24) is 4.90 Å². The van der Waals surface area contributed by atoms with Crippen molar-refractivity contribution < 1.29 is 24.3 Å². The average molecular weight is 438 g/mol. The van der Waals surface area contributed by atoms with Gasteiger partial charge in [0.05, 0.1) is 11.8 Å². The number of fused-ring (bicyclic) bond motifs is 3. The van der Waals surface area contributed by atoms with Crippen LogP contribution in [0.25, 0.3) is 0 Å². The van der Waals surface area contributed by atoms with Gasteiger partial charge in [-0.15, -0.1) is 0 Å². The molecule has 4 unspecified atom stereocenters. The Morgan fingerprint density at radius 1 is 1.10 bits per heavy atom. The van der Waals surface area contributed by atoms with E-state index in [2.05, 4.69) is 0 Å². The zero-order valence-corrected chi connectivity index (χ0v) is 17.8. The molecular formula is C24H20ClNO5. The second kappa shape index (κ2) is 6.76. The molecule has 0 aromatic heterocycles. The largest absolute Gasteiger partial charge is 0.508 e. The number of Topliss-reactive ketones (excluding diaryl/α,β-unsaturated/α-hetero) is 1. The molecule has 0 saturated carbocycles. The molecule has 5 rings (SSSR count). The van der Waals surface area contributed by atoms with Crippen LogP contribution < -0.4 is 0 Å². The molecular weight excluding hydrogens is 418 g/mol. The number of hydrogen-bond donors (Lipinski definition) is 1. The van der Waals surface area contributed by atoms with E-state index in [1.165, 1.54) is 30.2 Å². The number of allylic oxidation sites excluding steroid dienone is 6. The summed E-state index contributed by atoms with van der Waals surface area (Å²) in [5.74, 6) is -2.87. The van der Waals surface area contributed by atoms with Gasteiger partial charge < -0.3 is 5.11 Å². The summed E-state index contributed by atoms with van der Waals surface area (Å²) in [5.41, 5.74) is 2.59. The number of imide groups is 1.